The van der Waals surface area contributed by atoms with Crippen molar-refractivity contribution in [2.75, 3.05) is 40.6 Å². The minimum absolute atomic E-state index is 0.0665. The van der Waals surface area contributed by atoms with Crippen LogP contribution >= 0.6 is 0 Å². The highest BCUT2D eigenvalue weighted by Crippen LogP contribution is 2.40. The van der Waals surface area contributed by atoms with Crippen molar-refractivity contribution in [2.24, 2.45) is 47.3 Å². The number of hydrogen-bond donors (Lipinski definition) is 0. The van der Waals surface area contributed by atoms with Crippen molar-refractivity contribution < 1.29 is 76.4 Å². The molecule has 18 heteroatoms. The average Bonchev–Trinajstić information content (AvgIpc) is 3.24. The highest BCUT2D eigenvalue weighted by molar-refractivity contribution is 6.00. The predicted molar refractivity (Wildman–Crippen MR) is 254 cm³/mol. The maximum absolute atomic E-state index is 13.1. The minimum atomic E-state index is -0.995. The lowest BCUT2D eigenvalue weighted by Gasteiger charge is -2.42. The molecule has 2 aliphatic heterocycles. The molecule has 0 N–H and O–H groups in total. The molecule has 2 aliphatic carbocycles. The van der Waals surface area contributed by atoms with Gasteiger partial charge in [0, 0.05) is 49.4 Å². The molecule has 0 aromatic carbocycles. The molecule has 0 aromatic heterocycles. The quantitative estimate of drug-likeness (QED) is 0.0673. The number of carbonyl (C=O) groups is 10. The van der Waals surface area contributed by atoms with Gasteiger partial charge in [0.05, 0.1) is 89.6 Å². The first-order valence-electron chi connectivity index (χ1n) is 25.3. The summed E-state index contributed by atoms with van der Waals surface area (Å²) in [7, 11) is 2.57. The number of imide groups is 2. The second-order valence-corrected chi connectivity index (χ2v) is 21.3. The zero-order chi connectivity index (χ0) is 52.7. The third kappa shape index (κ3) is 17.3. The first kappa shape index (κ1) is 59.7. The Bertz CT molecular complexity index is 1840. The van der Waals surface area contributed by atoms with E-state index in [1.807, 2.05) is 13.8 Å². The van der Waals surface area contributed by atoms with Gasteiger partial charge in [0.1, 0.15) is 11.6 Å². The Morgan fingerprint density at radius 1 is 0.529 bits per heavy atom. The molecule has 396 valence electrons. The van der Waals surface area contributed by atoms with E-state index in [0.717, 1.165) is 12.8 Å². The second-order valence-electron chi connectivity index (χ2n) is 21.3. The van der Waals surface area contributed by atoms with Crippen molar-refractivity contribution in [3.63, 3.8) is 0 Å². The Morgan fingerprint density at radius 2 is 0.871 bits per heavy atom. The molecule has 4 amide bonds. The number of hydrogen-bond acceptors (Lipinski definition) is 16. The fraction of sp³-hybridized carbons (Fsp3) is 0.808. The Balaban J connectivity index is 0.000000371. The van der Waals surface area contributed by atoms with E-state index in [1.165, 1.54) is 24.0 Å². The van der Waals surface area contributed by atoms with Gasteiger partial charge in [-0.15, -0.1) is 0 Å². The lowest BCUT2D eigenvalue weighted by molar-refractivity contribution is -0.163. The molecule has 0 radical (unpaired) electrons. The molecular formula is C52H82N2O16. The molecule has 2 heterocycles. The van der Waals surface area contributed by atoms with E-state index in [4.69, 9.17) is 23.7 Å². The van der Waals surface area contributed by atoms with Crippen molar-refractivity contribution in [3.8, 4) is 0 Å². The van der Waals surface area contributed by atoms with Crippen molar-refractivity contribution in [1.29, 1.82) is 0 Å². The summed E-state index contributed by atoms with van der Waals surface area (Å²) in [6.45, 7) is 19.0. The summed E-state index contributed by atoms with van der Waals surface area (Å²) < 4.78 is 31.5. The fourth-order valence-corrected chi connectivity index (χ4v) is 11.0. The Labute approximate surface area is 414 Å². The van der Waals surface area contributed by atoms with E-state index in [0.29, 0.717) is 37.5 Å². The molecule has 0 aromatic rings. The van der Waals surface area contributed by atoms with Gasteiger partial charge in [-0.05, 0) is 104 Å². The number of Topliss-reactive ketones (excluding diaryl/α,β-unsaturated/α-hetero) is 2. The topological polar surface area (TPSA) is 233 Å². The smallest absolute Gasteiger partial charge is 0.308 e. The molecule has 8 atom stereocenters. The molecule has 0 spiro atoms. The molecule has 4 unspecified atom stereocenters. The summed E-state index contributed by atoms with van der Waals surface area (Å²) in [6, 6.07) is 0. The zero-order valence-electron chi connectivity index (χ0n) is 43.9. The van der Waals surface area contributed by atoms with Crippen LogP contribution in [0.15, 0.2) is 0 Å². The normalized spacial score (nSPS) is 24.9. The Hall–Kier alpha value is -4.58. The number of ketones is 2. The van der Waals surface area contributed by atoms with Crippen LogP contribution in [0.1, 0.15) is 159 Å². The number of carbonyl (C=O) groups excluding carboxylic acids is 10. The first-order chi connectivity index (χ1) is 32.8. The van der Waals surface area contributed by atoms with Crippen LogP contribution in [-0.2, 0) is 76.4 Å². The highest BCUT2D eigenvalue weighted by atomic mass is 16.5. The van der Waals surface area contributed by atoms with Crippen molar-refractivity contribution >= 4 is 59.1 Å². The molecule has 18 nitrogen and oxygen atoms in total. The fourth-order valence-electron chi connectivity index (χ4n) is 11.0. The molecule has 0 bridgehead atoms. The number of rotatable bonds is 22. The van der Waals surface area contributed by atoms with Crippen molar-refractivity contribution in [3.05, 3.63) is 0 Å². The number of likely N-dealkylation sites (tertiary alicyclic amines) is 2. The van der Waals surface area contributed by atoms with Crippen LogP contribution in [0.2, 0.25) is 0 Å². The first-order valence-corrected chi connectivity index (χ1v) is 25.3. The average molecular weight is 991 g/mol. The van der Waals surface area contributed by atoms with Crippen LogP contribution < -0.4 is 0 Å². The number of esters is 4. The van der Waals surface area contributed by atoms with E-state index in [1.54, 1.807) is 41.5 Å². The van der Waals surface area contributed by atoms with Gasteiger partial charge < -0.3 is 28.4 Å². The third-order valence-electron chi connectivity index (χ3n) is 14.1. The number of methoxy groups -OCH3 is 2. The molecule has 4 fully saturated rings. The van der Waals surface area contributed by atoms with Crippen LogP contribution in [0.25, 0.3) is 0 Å². The van der Waals surface area contributed by atoms with Gasteiger partial charge in [-0.25, -0.2) is 0 Å². The SMILES string of the molecule is CCOC(=O)CCO[C@H](CC1CC(=O)N(C(C)(C)CC(=O)OCC)C(=O)C1)C1C[C@@H](C)CC(C)C1=O.COC(=O)CCO[C@H](CC1CC(=O)N(C(C)(C)CC(=O)OC)C(=O)C1)C1C[C@@H](C)CC(C)C1=O. The maximum atomic E-state index is 13.1. The van der Waals surface area contributed by atoms with E-state index in [2.05, 4.69) is 18.6 Å². The van der Waals surface area contributed by atoms with Gasteiger partial charge >= 0.3 is 23.9 Å². The highest BCUT2D eigenvalue weighted by Gasteiger charge is 2.47. The molecule has 2 saturated heterocycles. The molecule has 4 aliphatic rings. The third-order valence-corrected chi connectivity index (χ3v) is 14.1. The van der Waals surface area contributed by atoms with Crippen molar-refractivity contribution in [1.82, 2.24) is 9.80 Å². The van der Waals surface area contributed by atoms with E-state index >= 15 is 0 Å². The van der Waals surface area contributed by atoms with Gasteiger partial charge in [0.25, 0.3) is 0 Å². The van der Waals surface area contributed by atoms with E-state index in [-0.39, 0.29) is 154 Å². The zero-order valence-corrected chi connectivity index (χ0v) is 43.9. The summed E-state index contributed by atoms with van der Waals surface area (Å²) in [5.74, 6) is -3.51. The molecule has 4 rings (SSSR count). The number of piperidine rings is 2. The number of nitrogens with zero attached hydrogens (tertiary/aromatic N) is 2. The minimum Gasteiger partial charge on any atom is -0.469 e. The lowest BCUT2D eigenvalue weighted by Crippen LogP contribution is -2.56. The van der Waals surface area contributed by atoms with Crippen LogP contribution in [0, 0.1) is 47.3 Å². The number of ether oxygens (including phenoxy) is 6. The van der Waals surface area contributed by atoms with Gasteiger partial charge in [0.2, 0.25) is 23.6 Å². The Kier molecular flexibility index (Phi) is 23.3. The summed E-state index contributed by atoms with van der Waals surface area (Å²) in [5, 5.41) is 0. The monoisotopic (exact) mass is 991 g/mol. The van der Waals surface area contributed by atoms with Gasteiger partial charge in [-0.3, -0.25) is 57.7 Å². The standard InChI is InChI=1S/C27H43NO8.C25H39NO8/c1-7-34-24(31)9-10-36-21(20-12-17(3)11-18(4)26(20)33)13-19-14-22(29)28(23(30)15-19)27(5,6)16-25(32)35-8-2;1-15-9-16(2)24(31)18(10-15)19(34-8-7-22(29)32-5)11-17-12-20(27)26(21(28)13-17)25(3,4)14-23(30)33-6/h17-21H,7-16H2,1-6H3;15-19H,7-14H2,1-6H3/t17-,18?,20?,21+;15-,16?,18?,19+/m00/s1. The number of amides is 4. The van der Waals surface area contributed by atoms with Gasteiger partial charge in [-0.1, -0.05) is 27.7 Å². The van der Waals surface area contributed by atoms with Crippen LogP contribution in [0.4, 0.5) is 0 Å². The van der Waals surface area contributed by atoms with Gasteiger partial charge in [-0.2, -0.15) is 0 Å². The summed E-state index contributed by atoms with van der Waals surface area (Å²) in [4.78, 5) is 128. The predicted octanol–water partition coefficient (Wildman–Crippen LogP) is 6.15. The van der Waals surface area contributed by atoms with E-state index in [9.17, 15) is 47.9 Å². The molecule has 2 saturated carbocycles. The van der Waals surface area contributed by atoms with E-state index < -0.39 is 41.2 Å². The second kappa shape index (κ2) is 27.3. The maximum Gasteiger partial charge on any atom is 0.308 e. The van der Waals surface area contributed by atoms with Crippen LogP contribution in [0.3, 0.4) is 0 Å². The van der Waals surface area contributed by atoms with Crippen LogP contribution in [-0.4, -0.2) is 133 Å². The summed E-state index contributed by atoms with van der Waals surface area (Å²) >= 11 is 0. The van der Waals surface area contributed by atoms with Crippen molar-refractivity contribution in [2.45, 2.75) is 182 Å². The molecular weight excluding hydrogens is 909 g/mol. The molecule has 70 heavy (non-hydrogen) atoms. The van der Waals surface area contributed by atoms with Gasteiger partial charge in [0.15, 0.2) is 0 Å². The summed E-state index contributed by atoms with van der Waals surface area (Å²) in [5.41, 5.74) is -1.99. The Morgan fingerprint density at radius 3 is 1.23 bits per heavy atom. The largest absolute Gasteiger partial charge is 0.469 e. The van der Waals surface area contributed by atoms with Crippen LogP contribution in [0.5, 0.6) is 0 Å². The summed E-state index contributed by atoms with van der Waals surface area (Å²) in [6.07, 6.45) is 3.29. The lowest BCUT2D eigenvalue weighted by atomic mass is 9.71.